The minimum atomic E-state index is 0.0425. The summed E-state index contributed by atoms with van der Waals surface area (Å²) in [7, 11) is 0. The molecule has 0 aliphatic carbocycles. The molecule has 0 N–H and O–H groups in total. The Hall–Kier alpha value is -2.01. The second-order valence-corrected chi connectivity index (χ2v) is 4.65. The second kappa shape index (κ2) is 4.93. The van der Waals surface area contributed by atoms with E-state index in [0.717, 1.165) is 18.6 Å². The van der Waals surface area contributed by atoms with Gasteiger partial charge in [0.15, 0.2) is 11.6 Å². The molecule has 3 rings (SSSR count). The average Bonchev–Trinajstić information content (AvgIpc) is 3.10. The molecule has 1 atom stereocenters. The molecule has 0 amide bonds. The Morgan fingerprint density at radius 2 is 2.11 bits per heavy atom. The lowest BCUT2D eigenvalue weighted by Gasteiger charge is -1.98. The highest BCUT2D eigenvalue weighted by molar-refractivity contribution is 5.94. The number of carbonyl (C=O) groups excluding carboxylic acids is 1. The first-order chi connectivity index (χ1) is 9.24. The molecule has 1 aromatic carbocycles. The van der Waals surface area contributed by atoms with Gasteiger partial charge in [-0.3, -0.25) is 4.79 Å². The van der Waals surface area contributed by atoms with Gasteiger partial charge in [-0.2, -0.15) is 4.98 Å². The summed E-state index contributed by atoms with van der Waals surface area (Å²) >= 11 is 0. The summed E-state index contributed by atoms with van der Waals surface area (Å²) in [5.74, 6) is 1.45. The number of aromatic nitrogens is 2. The lowest BCUT2D eigenvalue weighted by molar-refractivity contribution is 0.101. The van der Waals surface area contributed by atoms with Crippen molar-refractivity contribution in [2.75, 3.05) is 13.2 Å². The van der Waals surface area contributed by atoms with E-state index in [1.165, 1.54) is 0 Å². The van der Waals surface area contributed by atoms with Gasteiger partial charge in [0.25, 0.3) is 5.89 Å². The molecule has 1 fully saturated rings. The number of ketones is 1. The van der Waals surface area contributed by atoms with Crippen molar-refractivity contribution >= 4 is 5.78 Å². The first-order valence-corrected chi connectivity index (χ1v) is 6.27. The monoisotopic (exact) mass is 258 g/mol. The zero-order chi connectivity index (χ0) is 13.2. The molecule has 2 aromatic rings. The van der Waals surface area contributed by atoms with Crippen molar-refractivity contribution in [2.24, 2.45) is 0 Å². The third-order valence-corrected chi connectivity index (χ3v) is 3.27. The maximum atomic E-state index is 11.2. The highest BCUT2D eigenvalue weighted by atomic mass is 16.5. The summed E-state index contributed by atoms with van der Waals surface area (Å²) < 4.78 is 10.6. The van der Waals surface area contributed by atoms with Crippen molar-refractivity contribution in [1.82, 2.24) is 10.1 Å². The lowest BCUT2D eigenvalue weighted by atomic mass is 10.1. The summed E-state index contributed by atoms with van der Waals surface area (Å²) in [5.41, 5.74) is 1.50. The molecular weight excluding hydrogens is 244 g/mol. The van der Waals surface area contributed by atoms with Gasteiger partial charge in [0, 0.05) is 23.7 Å². The zero-order valence-electron chi connectivity index (χ0n) is 10.6. The highest BCUT2D eigenvalue weighted by Crippen LogP contribution is 2.25. The molecule has 1 unspecified atom stereocenters. The van der Waals surface area contributed by atoms with Crippen LogP contribution in [0.15, 0.2) is 28.8 Å². The van der Waals surface area contributed by atoms with E-state index in [9.17, 15) is 4.79 Å². The van der Waals surface area contributed by atoms with Crippen LogP contribution in [0.25, 0.3) is 11.5 Å². The predicted molar refractivity (Wildman–Crippen MR) is 67.9 cm³/mol. The number of rotatable bonds is 3. The Morgan fingerprint density at radius 1 is 1.32 bits per heavy atom. The molecule has 2 heterocycles. The molecule has 1 aliphatic heterocycles. The van der Waals surface area contributed by atoms with Crippen LogP contribution >= 0.6 is 0 Å². The van der Waals surface area contributed by atoms with Crippen molar-refractivity contribution < 1.29 is 14.1 Å². The van der Waals surface area contributed by atoms with Gasteiger partial charge in [0.1, 0.15) is 0 Å². The standard InChI is InChI=1S/C14H14N2O3/c1-9(17)10-2-4-11(5-3-10)14-15-13(16-19-14)12-6-7-18-8-12/h2-5,12H,6-8H2,1H3. The molecule has 1 saturated heterocycles. The fourth-order valence-corrected chi connectivity index (χ4v) is 2.10. The van der Waals surface area contributed by atoms with Gasteiger partial charge in [-0.25, -0.2) is 0 Å². The third kappa shape index (κ3) is 2.42. The van der Waals surface area contributed by atoms with Crippen LogP contribution in [0.2, 0.25) is 0 Å². The lowest BCUT2D eigenvalue weighted by Crippen LogP contribution is -1.99. The van der Waals surface area contributed by atoms with E-state index in [1.54, 1.807) is 19.1 Å². The van der Waals surface area contributed by atoms with Gasteiger partial charge in [0.05, 0.1) is 6.61 Å². The highest BCUT2D eigenvalue weighted by Gasteiger charge is 2.23. The summed E-state index contributed by atoms with van der Waals surface area (Å²) in [6, 6.07) is 7.17. The van der Waals surface area contributed by atoms with Crippen molar-refractivity contribution in [1.29, 1.82) is 0 Å². The smallest absolute Gasteiger partial charge is 0.257 e. The average molecular weight is 258 g/mol. The largest absolute Gasteiger partial charge is 0.381 e. The molecule has 1 aromatic heterocycles. The van der Waals surface area contributed by atoms with Crippen molar-refractivity contribution in [2.45, 2.75) is 19.3 Å². The number of Topliss-reactive ketones (excluding diaryl/α,β-unsaturated/α-hetero) is 1. The molecule has 0 radical (unpaired) electrons. The van der Waals surface area contributed by atoms with Crippen molar-refractivity contribution in [3.05, 3.63) is 35.7 Å². The van der Waals surface area contributed by atoms with Gasteiger partial charge in [0.2, 0.25) is 0 Å². The van der Waals surface area contributed by atoms with Crippen LogP contribution in [0.4, 0.5) is 0 Å². The Balaban J connectivity index is 1.83. The third-order valence-electron chi connectivity index (χ3n) is 3.27. The van der Waals surface area contributed by atoms with Gasteiger partial charge in [-0.1, -0.05) is 17.3 Å². The normalized spacial score (nSPS) is 18.7. The van der Waals surface area contributed by atoms with Crippen LogP contribution in [0, 0.1) is 0 Å². The molecule has 19 heavy (non-hydrogen) atoms. The van der Waals surface area contributed by atoms with Crippen LogP contribution in [0.3, 0.4) is 0 Å². The van der Waals surface area contributed by atoms with E-state index < -0.39 is 0 Å². The molecule has 1 aliphatic rings. The fraction of sp³-hybridized carbons (Fsp3) is 0.357. The number of hydrogen-bond donors (Lipinski definition) is 0. The summed E-state index contributed by atoms with van der Waals surface area (Å²) in [6.07, 6.45) is 0.933. The van der Waals surface area contributed by atoms with E-state index in [2.05, 4.69) is 10.1 Å². The summed E-state index contributed by atoms with van der Waals surface area (Å²) in [5, 5.41) is 4.00. The minimum absolute atomic E-state index is 0.0425. The first-order valence-electron chi connectivity index (χ1n) is 6.27. The summed E-state index contributed by atoms with van der Waals surface area (Å²) in [6.45, 7) is 2.95. The van der Waals surface area contributed by atoms with E-state index in [1.807, 2.05) is 12.1 Å². The molecule has 0 spiro atoms. The Bertz CT molecular complexity index is 583. The molecular formula is C14H14N2O3. The number of benzene rings is 1. The van der Waals surface area contributed by atoms with Crippen LogP contribution < -0.4 is 0 Å². The van der Waals surface area contributed by atoms with Crippen LogP contribution in [-0.2, 0) is 4.74 Å². The number of hydrogen-bond acceptors (Lipinski definition) is 5. The van der Waals surface area contributed by atoms with Gasteiger partial charge >= 0.3 is 0 Å². The van der Waals surface area contributed by atoms with Crippen molar-refractivity contribution in [3.63, 3.8) is 0 Å². The van der Waals surface area contributed by atoms with Crippen LogP contribution in [0.1, 0.15) is 35.4 Å². The van der Waals surface area contributed by atoms with E-state index in [4.69, 9.17) is 9.26 Å². The number of carbonyl (C=O) groups is 1. The molecule has 5 nitrogen and oxygen atoms in total. The minimum Gasteiger partial charge on any atom is -0.381 e. The number of nitrogens with zero attached hydrogens (tertiary/aromatic N) is 2. The van der Waals surface area contributed by atoms with Crippen LogP contribution in [0.5, 0.6) is 0 Å². The van der Waals surface area contributed by atoms with Gasteiger partial charge < -0.3 is 9.26 Å². The SMILES string of the molecule is CC(=O)c1ccc(-c2nc(C3CCOC3)no2)cc1. The zero-order valence-corrected chi connectivity index (χ0v) is 10.6. The molecule has 5 heteroatoms. The fourth-order valence-electron chi connectivity index (χ4n) is 2.10. The van der Waals surface area contributed by atoms with Crippen LogP contribution in [-0.4, -0.2) is 29.1 Å². The molecule has 0 bridgehead atoms. The maximum absolute atomic E-state index is 11.2. The Kier molecular flexibility index (Phi) is 3.13. The van der Waals surface area contributed by atoms with Gasteiger partial charge in [-0.15, -0.1) is 0 Å². The van der Waals surface area contributed by atoms with E-state index >= 15 is 0 Å². The topological polar surface area (TPSA) is 65.2 Å². The Labute approximate surface area is 110 Å². The van der Waals surface area contributed by atoms with E-state index in [0.29, 0.717) is 23.9 Å². The maximum Gasteiger partial charge on any atom is 0.257 e. The van der Waals surface area contributed by atoms with E-state index in [-0.39, 0.29) is 11.7 Å². The first kappa shape index (κ1) is 12.0. The predicted octanol–water partition coefficient (Wildman–Crippen LogP) is 2.44. The molecule has 0 saturated carbocycles. The molecule has 98 valence electrons. The van der Waals surface area contributed by atoms with Crippen molar-refractivity contribution in [3.8, 4) is 11.5 Å². The summed E-state index contributed by atoms with van der Waals surface area (Å²) in [4.78, 5) is 15.6. The second-order valence-electron chi connectivity index (χ2n) is 4.65. The number of ether oxygens (including phenoxy) is 1. The van der Waals surface area contributed by atoms with Gasteiger partial charge in [-0.05, 0) is 25.5 Å². The quantitative estimate of drug-likeness (QED) is 0.791. The Morgan fingerprint density at radius 3 is 2.74 bits per heavy atom.